The molecule has 1 amide bonds. The van der Waals surface area contributed by atoms with Crippen molar-refractivity contribution in [3.8, 4) is 0 Å². The molecule has 28 heavy (non-hydrogen) atoms. The summed E-state index contributed by atoms with van der Waals surface area (Å²) in [7, 11) is 0. The van der Waals surface area contributed by atoms with Crippen molar-refractivity contribution in [3.05, 3.63) is 47.3 Å². The molecule has 0 unspecified atom stereocenters. The van der Waals surface area contributed by atoms with Gasteiger partial charge in [-0.25, -0.2) is 4.79 Å². The first-order valence-electron chi connectivity index (χ1n) is 9.37. The van der Waals surface area contributed by atoms with Crippen LogP contribution in [0, 0.1) is 6.92 Å². The number of amides is 1. The van der Waals surface area contributed by atoms with E-state index in [0.717, 1.165) is 16.3 Å². The van der Waals surface area contributed by atoms with E-state index in [2.05, 4.69) is 5.16 Å². The highest BCUT2D eigenvalue weighted by Crippen LogP contribution is 2.27. The van der Waals surface area contributed by atoms with E-state index in [0.29, 0.717) is 11.3 Å². The zero-order valence-corrected chi connectivity index (χ0v) is 18.1. The lowest BCUT2D eigenvalue weighted by molar-refractivity contribution is -0.143. The maximum atomic E-state index is 12.7. The van der Waals surface area contributed by atoms with Crippen molar-refractivity contribution < 1.29 is 18.8 Å². The minimum absolute atomic E-state index is 0.0300. The highest BCUT2D eigenvalue weighted by atomic mass is 32.2. The van der Waals surface area contributed by atoms with Gasteiger partial charge in [-0.2, -0.15) is 0 Å². The topological polar surface area (TPSA) is 72.6 Å². The highest BCUT2D eigenvalue weighted by molar-refractivity contribution is 7.98. The molecule has 2 rings (SSSR count). The quantitative estimate of drug-likeness (QED) is 0.478. The van der Waals surface area contributed by atoms with Gasteiger partial charge in [0.05, 0.1) is 11.3 Å². The van der Waals surface area contributed by atoms with Gasteiger partial charge in [0.1, 0.15) is 5.76 Å². The Morgan fingerprint density at radius 1 is 1.14 bits per heavy atom. The largest absolute Gasteiger partial charge is 0.449 e. The summed E-state index contributed by atoms with van der Waals surface area (Å²) in [6.07, 6.45) is -0.853. The standard InChI is InChI=1S/C21H28N2O4S/c1-13(2)23(14(3)4)20(24)16(6)26-21(25)18-9-7-8-10-19(18)28-12-17-11-15(5)27-22-17/h7-11,13-14,16H,12H2,1-6H3/t16-/m1/s1. The summed E-state index contributed by atoms with van der Waals surface area (Å²) < 4.78 is 10.6. The minimum atomic E-state index is -0.853. The Balaban J connectivity index is 2.08. The van der Waals surface area contributed by atoms with Gasteiger partial charge < -0.3 is 14.2 Å². The predicted octanol–water partition coefficient (Wildman–Crippen LogP) is 4.47. The normalized spacial score (nSPS) is 12.3. The van der Waals surface area contributed by atoms with Gasteiger partial charge in [-0.1, -0.05) is 17.3 Å². The first-order valence-corrected chi connectivity index (χ1v) is 10.4. The number of aryl methyl sites for hydroxylation is 1. The minimum Gasteiger partial charge on any atom is -0.449 e. The number of ether oxygens (including phenoxy) is 1. The van der Waals surface area contributed by atoms with Gasteiger partial charge in [0.15, 0.2) is 6.10 Å². The molecule has 0 aliphatic rings. The zero-order valence-electron chi connectivity index (χ0n) is 17.3. The van der Waals surface area contributed by atoms with Crippen molar-refractivity contribution >= 4 is 23.6 Å². The fraction of sp³-hybridized carbons (Fsp3) is 0.476. The molecule has 0 spiro atoms. The van der Waals surface area contributed by atoms with Crippen LogP contribution in [0.15, 0.2) is 39.8 Å². The molecule has 0 fully saturated rings. The average molecular weight is 405 g/mol. The van der Waals surface area contributed by atoms with Crippen LogP contribution in [0.2, 0.25) is 0 Å². The monoisotopic (exact) mass is 404 g/mol. The maximum Gasteiger partial charge on any atom is 0.340 e. The molecule has 0 N–H and O–H groups in total. The molecule has 1 aromatic heterocycles. The second-order valence-corrected chi connectivity index (χ2v) is 8.21. The zero-order chi connectivity index (χ0) is 20.8. The molecule has 1 heterocycles. The van der Waals surface area contributed by atoms with Gasteiger partial charge >= 0.3 is 5.97 Å². The molecule has 0 radical (unpaired) electrons. The van der Waals surface area contributed by atoms with Crippen LogP contribution in [-0.4, -0.2) is 40.1 Å². The Morgan fingerprint density at radius 3 is 2.36 bits per heavy atom. The molecule has 0 bridgehead atoms. The second kappa shape index (κ2) is 9.78. The van der Waals surface area contributed by atoms with E-state index < -0.39 is 12.1 Å². The molecule has 0 saturated carbocycles. The van der Waals surface area contributed by atoms with Crippen molar-refractivity contribution in [2.24, 2.45) is 0 Å². The summed E-state index contributed by atoms with van der Waals surface area (Å²) >= 11 is 1.47. The number of thioether (sulfide) groups is 1. The van der Waals surface area contributed by atoms with Gasteiger partial charge in [0.2, 0.25) is 0 Å². The summed E-state index contributed by atoms with van der Waals surface area (Å²) in [5, 5.41) is 3.97. The number of nitrogens with zero attached hydrogens (tertiary/aromatic N) is 2. The Kier molecular flexibility index (Phi) is 7.69. The third-order valence-electron chi connectivity index (χ3n) is 4.16. The Morgan fingerprint density at radius 2 is 1.79 bits per heavy atom. The van der Waals surface area contributed by atoms with Gasteiger partial charge in [-0.05, 0) is 53.7 Å². The predicted molar refractivity (Wildman–Crippen MR) is 109 cm³/mol. The average Bonchev–Trinajstić information content (AvgIpc) is 3.04. The van der Waals surface area contributed by atoms with E-state index in [1.54, 1.807) is 24.0 Å². The molecule has 0 aliphatic carbocycles. The van der Waals surface area contributed by atoms with Gasteiger partial charge in [0, 0.05) is 28.8 Å². The number of carbonyl (C=O) groups excluding carboxylic acids is 2. The van der Waals surface area contributed by atoms with E-state index in [1.165, 1.54) is 11.8 Å². The number of aromatic nitrogens is 1. The molecule has 152 valence electrons. The lowest BCUT2D eigenvalue weighted by atomic mass is 10.2. The van der Waals surface area contributed by atoms with Crippen LogP contribution in [0.5, 0.6) is 0 Å². The molecule has 6 nitrogen and oxygen atoms in total. The van der Waals surface area contributed by atoms with E-state index in [4.69, 9.17) is 9.26 Å². The number of rotatable bonds is 8. The third kappa shape index (κ3) is 5.61. The van der Waals surface area contributed by atoms with Crippen molar-refractivity contribution in [1.29, 1.82) is 0 Å². The van der Waals surface area contributed by atoms with Crippen molar-refractivity contribution in [2.45, 2.75) is 70.4 Å². The fourth-order valence-corrected chi connectivity index (χ4v) is 3.91. The first-order chi connectivity index (χ1) is 13.2. The maximum absolute atomic E-state index is 12.7. The number of hydrogen-bond acceptors (Lipinski definition) is 6. The lowest BCUT2D eigenvalue weighted by Crippen LogP contribution is -2.47. The van der Waals surface area contributed by atoms with Crippen LogP contribution in [0.25, 0.3) is 0 Å². The van der Waals surface area contributed by atoms with Crippen molar-refractivity contribution in [3.63, 3.8) is 0 Å². The number of esters is 1. The smallest absolute Gasteiger partial charge is 0.340 e. The Labute approximate surface area is 170 Å². The molecular weight excluding hydrogens is 376 g/mol. The van der Waals surface area contributed by atoms with Crippen LogP contribution >= 0.6 is 11.8 Å². The molecule has 0 saturated heterocycles. The molecule has 7 heteroatoms. The fourth-order valence-electron chi connectivity index (χ4n) is 2.99. The summed E-state index contributed by atoms with van der Waals surface area (Å²) in [6, 6.07) is 9.13. The number of carbonyl (C=O) groups is 2. The van der Waals surface area contributed by atoms with Crippen LogP contribution in [0.4, 0.5) is 0 Å². The van der Waals surface area contributed by atoms with Gasteiger partial charge in [-0.15, -0.1) is 11.8 Å². The van der Waals surface area contributed by atoms with E-state index in [-0.39, 0.29) is 18.0 Å². The summed E-state index contributed by atoms with van der Waals surface area (Å²) in [6.45, 7) is 11.2. The summed E-state index contributed by atoms with van der Waals surface area (Å²) in [5.74, 6) is 0.620. The van der Waals surface area contributed by atoms with Gasteiger partial charge in [-0.3, -0.25) is 4.79 Å². The van der Waals surface area contributed by atoms with Gasteiger partial charge in [0.25, 0.3) is 5.91 Å². The molecule has 0 aliphatic heterocycles. The van der Waals surface area contributed by atoms with Crippen LogP contribution in [-0.2, 0) is 15.3 Å². The molecular formula is C21H28N2O4S. The van der Waals surface area contributed by atoms with Crippen molar-refractivity contribution in [2.75, 3.05) is 0 Å². The first kappa shape index (κ1) is 22.0. The Hall–Kier alpha value is -2.28. The summed E-state index contributed by atoms with van der Waals surface area (Å²) in [5.41, 5.74) is 1.24. The lowest BCUT2D eigenvalue weighted by Gasteiger charge is -2.32. The number of benzene rings is 1. The van der Waals surface area contributed by atoms with Crippen LogP contribution in [0.1, 0.15) is 56.4 Å². The molecule has 1 aromatic carbocycles. The highest BCUT2D eigenvalue weighted by Gasteiger charge is 2.28. The van der Waals surface area contributed by atoms with Crippen LogP contribution < -0.4 is 0 Å². The van der Waals surface area contributed by atoms with E-state index >= 15 is 0 Å². The van der Waals surface area contributed by atoms with E-state index in [1.807, 2.05) is 52.8 Å². The van der Waals surface area contributed by atoms with E-state index in [9.17, 15) is 9.59 Å². The van der Waals surface area contributed by atoms with Crippen molar-refractivity contribution in [1.82, 2.24) is 10.1 Å². The molecule has 1 atom stereocenters. The SMILES string of the molecule is Cc1cc(CSc2ccccc2C(=O)O[C@H](C)C(=O)N(C(C)C)C(C)C)no1. The number of hydrogen-bond donors (Lipinski definition) is 0. The Bertz CT molecular complexity index is 808. The third-order valence-corrected chi connectivity index (χ3v) is 5.27. The molecule has 2 aromatic rings. The summed E-state index contributed by atoms with van der Waals surface area (Å²) in [4.78, 5) is 27.9. The second-order valence-electron chi connectivity index (χ2n) is 7.19. The van der Waals surface area contributed by atoms with Crippen LogP contribution in [0.3, 0.4) is 0 Å².